The molecule has 1 aromatic rings. The van der Waals surface area contributed by atoms with Gasteiger partial charge in [-0.2, -0.15) is 0 Å². The molecule has 0 bridgehead atoms. The number of hydrogen-bond donors (Lipinski definition) is 0. The van der Waals surface area contributed by atoms with Crippen LogP contribution in [0.4, 0.5) is 0 Å². The number of aromatic nitrogens is 2. The van der Waals surface area contributed by atoms with Gasteiger partial charge in [-0.1, -0.05) is 0 Å². The van der Waals surface area contributed by atoms with E-state index in [1.807, 2.05) is 23.9 Å². The minimum atomic E-state index is -0.128. The number of rotatable bonds is 6. The summed E-state index contributed by atoms with van der Waals surface area (Å²) in [7, 11) is 3.83. The molecular formula is C17H26N4O3. The first-order chi connectivity index (χ1) is 11.6. The molecule has 24 heavy (non-hydrogen) atoms. The summed E-state index contributed by atoms with van der Waals surface area (Å²) in [4.78, 5) is 24.0. The Morgan fingerprint density at radius 1 is 1.46 bits per heavy atom. The topological polar surface area (TPSA) is 67.8 Å². The second-order valence-corrected chi connectivity index (χ2v) is 7.06. The maximum Gasteiger partial charge on any atom is 0.236 e. The first-order valence-electron chi connectivity index (χ1n) is 8.52. The van der Waals surface area contributed by atoms with Crippen molar-refractivity contribution in [2.75, 3.05) is 46.9 Å². The highest BCUT2D eigenvalue weighted by Gasteiger charge is 2.48. The van der Waals surface area contributed by atoms with E-state index >= 15 is 0 Å². The number of hydrogen-bond acceptors (Lipinski definition) is 6. The van der Waals surface area contributed by atoms with Crippen LogP contribution in [0.15, 0.2) is 18.6 Å². The average molecular weight is 334 g/mol. The van der Waals surface area contributed by atoms with Gasteiger partial charge in [0.15, 0.2) is 0 Å². The van der Waals surface area contributed by atoms with Crippen molar-refractivity contribution in [3.05, 3.63) is 18.6 Å². The van der Waals surface area contributed by atoms with E-state index in [0.717, 1.165) is 39.0 Å². The monoisotopic (exact) mass is 334 g/mol. The Morgan fingerprint density at radius 3 is 3.00 bits per heavy atom. The second kappa shape index (κ2) is 7.44. The highest BCUT2D eigenvalue weighted by molar-refractivity contribution is 5.79. The SMILES string of the molecule is CN(C)CC(=O)N1CC2(C[C@H](CCOc3cnccn3)CCO2)C1. The van der Waals surface area contributed by atoms with E-state index in [2.05, 4.69) is 9.97 Å². The van der Waals surface area contributed by atoms with Crippen molar-refractivity contribution >= 4 is 5.91 Å². The molecule has 2 aliphatic heterocycles. The number of ether oxygens (including phenoxy) is 2. The summed E-state index contributed by atoms with van der Waals surface area (Å²) < 4.78 is 11.7. The van der Waals surface area contributed by atoms with Gasteiger partial charge in [0.2, 0.25) is 11.8 Å². The Morgan fingerprint density at radius 2 is 2.29 bits per heavy atom. The van der Waals surface area contributed by atoms with Gasteiger partial charge in [-0.3, -0.25) is 9.78 Å². The molecule has 1 atom stereocenters. The van der Waals surface area contributed by atoms with Crippen molar-refractivity contribution in [1.29, 1.82) is 0 Å². The second-order valence-electron chi connectivity index (χ2n) is 7.06. The standard InChI is InChI=1S/C17H26N4O3/c1-20(2)11-16(22)21-12-17(13-21)9-14(4-8-24-17)3-7-23-15-10-18-5-6-19-15/h5-6,10,14H,3-4,7-9,11-13H2,1-2H3/t14-/m1/s1. The molecule has 2 fully saturated rings. The molecule has 0 aliphatic carbocycles. The molecule has 3 rings (SSSR count). The summed E-state index contributed by atoms with van der Waals surface area (Å²) in [5.41, 5.74) is -0.128. The van der Waals surface area contributed by atoms with Crippen molar-refractivity contribution in [2.45, 2.75) is 24.9 Å². The van der Waals surface area contributed by atoms with Crippen molar-refractivity contribution in [2.24, 2.45) is 5.92 Å². The zero-order valence-electron chi connectivity index (χ0n) is 14.5. The van der Waals surface area contributed by atoms with Gasteiger partial charge in [0.25, 0.3) is 0 Å². The fourth-order valence-electron chi connectivity index (χ4n) is 3.48. The summed E-state index contributed by atoms with van der Waals surface area (Å²) in [6.07, 6.45) is 7.93. The number of amides is 1. The van der Waals surface area contributed by atoms with Crippen LogP contribution in [0.1, 0.15) is 19.3 Å². The lowest BCUT2D eigenvalue weighted by molar-refractivity contribution is -0.189. The van der Waals surface area contributed by atoms with Crippen molar-refractivity contribution in [3.8, 4) is 5.88 Å². The fraction of sp³-hybridized carbons (Fsp3) is 0.706. The number of likely N-dealkylation sites (tertiary alicyclic amines) is 1. The summed E-state index contributed by atoms with van der Waals surface area (Å²) >= 11 is 0. The molecule has 3 heterocycles. The predicted octanol–water partition coefficient (Wildman–Crippen LogP) is 0.815. The molecule has 0 radical (unpaired) electrons. The van der Waals surface area contributed by atoms with Crippen LogP contribution in [-0.4, -0.2) is 78.2 Å². The Bertz CT molecular complexity index is 546. The molecule has 1 aromatic heterocycles. The Labute approximate surface area is 143 Å². The van der Waals surface area contributed by atoms with Crippen molar-refractivity contribution < 1.29 is 14.3 Å². The normalized spacial score (nSPS) is 22.5. The highest BCUT2D eigenvalue weighted by atomic mass is 16.5. The number of likely N-dealkylation sites (N-methyl/N-ethyl adjacent to an activating group) is 1. The molecule has 0 aromatic carbocycles. The molecule has 0 unspecified atom stereocenters. The maximum atomic E-state index is 12.1. The largest absolute Gasteiger partial charge is 0.477 e. The van der Waals surface area contributed by atoms with E-state index in [4.69, 9.17) is 9.47 Å². The van der Waals surface area contributed by atoms with Crippen LogP contribution in [-0.2, 0) is 9.53 Å². The molecule has 1 amide bonds. The molecule has 2 aliphatic rings. The molecule has 1 spiro atoms. The minimum absolute atomic E-state index is 0.128. The van der Waals surface area contributed by atoms with Gasteiger partial charge in [0.05, 0.1) is 32.4 Å². The zero-order chi connectivity index (χ0) is 17.0. The summed E-state index contributed by atoms with van der Waals surface area (Å²) in [5.74, 6) is 1.33. The van der Waals surface area contributed by atoms with Gasteiger partial charge in [0.1, 0.15) is 5.60 Å². The molecule has 132 valence electrons. The molecule has 0 N–H and O–H groups in total. The molecular weight excluding hydrogens is 308 g/mol. The van der Waals surface area contributed by atoms with E-state index in [1.165, 1.54) is 0 Å². The molecule has 2 saturated heterocycles. The van der Waals surface area contributed by atoms with E-state index < -0.39 is 0 Å². The van der Waals surface area contributed by atoms with E-state index in [-0.39, 0.29) is 11.5 Å². The lowest BCUT2D eigenvalue weighted by Gasteiger charge is -2.53. The quantitative estimate of drug-likeness (QED) is 0.767. The van der Waals surface area contributed by atoms with Crippen LogP contribution < -0.4 is 4.74 Å². The van der Waals surface area contributed by atoms with E-state index in [1.54, 1.807) is 18.6 Å². The zero-order valence-corrected chi connectivity index (χ0v) is 14.5. The average Bonchev–Trinajstić information content (AvgIpc) is 2.53. The summed E-state index contributed by atoms with van der Waals surface area (Å²) in [5, 5.41) is 0. The minimum Gasteiger partial charge on any atom is -0.477 e. The Balaban J connectivity index is 1.41. The number of carbonyl (C=O) groups is 1. The van der Waals surface area contributed by atoms with Gasteiger partial charge < -0.3 is 19.3 Å². The van der Waals surface area contributed by atoms with Crippen LogP contribution >= 0.6 is 0 Å². The smallest absolute Gasteiger partial charge is 0.236 e. The lowest BCUT2D eigenvalue weighted by atomic mass is 9.79. The first-order valence-corrected chi connectivity index (χ1v) is 8.52. The number of nitrogens with zero attached hydrogens (tertiary/aromatic N) is 4. The Hall–Kier alpha value is -1.73. The summed E-state index contributed by atoms with van der Waals surface area (Å²) in [6, 6.07) is 0. The molecule has 7 nitrogen and oxygen atoms in total. The van der Waals surface area contributed by atoms with E-state index in [0.29, 0.717) is 24.9 Å². The van der Waals surface area contributed by atoms with Crippen LogP contribution in [0.25, 0.3) is 0 Å². The highest BCUT2D eigenvalue weighted by Crippen LogP contribution is 2.38. The van der Waals surface area contributed by atoms with Crippen LogP contribution in [0.5, 0.6) is 5.88 Å². The predicted molar refractivity (Wildman–Crippen MR) is 88.7 cm³/mol. The van der Waals surface area contributed by atoms with Gasteiger partial charge in [-0.05, 0) is 39.3 Å². The van der Waals surface area contributed by atoms with Crippen LogP contribution in [0.2, 0.25) is 0 Å². The summed E-state index contributed by atoms with van der Waals surface area (Å²) in [6.45, 7) is 3.32. The maximum absolute atomic E-state index is 12.1. The Kier molecular flexibility index (Phi) is 5.30. The van der Waals surface area contributed by atoms with Gasteiger partial charge >= 0.3 is 0 Å². The lowest BCUT2D eigenvalue weighted by Crippen LogP contribution is -2.67. The van der Waals surface area contributed by atoms with Gasteiger partial charge in [-0.15, -0.1) is 0 Å². The number of carbonyl (C=O) groups excluding carboxylic acids is 1. The first kappa shape index (κ1) is 17.1. The van der Waals surface area contributed by atoms with Crippen LogP contribution in [0, 0.1) is 5.92 Å². The van der Waals surface area contributed by atoms with Gasteiger partial charge in [0, 0.05) is 19.0 Å². The molecule has 7 heteroatoms. The third-order valence-electron chi connectivity index (χ3n) is 4.67. The van der Waals surface area contributed by atoms with Gasteiger partial charge in [-0.25, -0.2) is 4.98 Å². The van der Waals surface area contributed by atoms with E-state index in [9.17, 15) is 4.79 Å². The van der Waals surface area contributed by atoms with Crippen molar-refractivity contribution in [1.82, 2.24) is 19.8 Å². The van der Waals surface area contributed by atoms with Crippen LogP contribution in [0.3, 0.4) is 0 Å². The van der Waals surface area contributed by atoms with Crippen molar-refractivity contribution in [3.63, 3.8) is 0 Å². The fourth-order valence-corrected chi connectivity index (χ4v) is 3.48. The molecule has 0 saturated carbocycles. The third kappa shape index (κ3) is 4.21. The third-order valence-corrected chi connectivity index (χ3v) is 4.67.